The quantitative estimate of drug-likeness (QED) is 0.768. The van der Waals surface area contributed by atoms with Crippen LogP contribution in [0.25, 0.3) is 0 Å². The Bertz CT molecular complexity index is 455. The van der Waals surface area contributed by atoms with E-state index in [2.05, 4.69) is 10.2 Å². The molecule has 18 heavy (non-hydrogen) atoms. The van der Waals surface area contributed by atoms with Gasteiger partial charge in [0.15, 0.2) is 11.0 Å². The van der Waals surface area contributed by atoms with Gasteiger partial charge >= 0.3 is 5.97 Å². The van der Waals surface area contributed by atoms with Crippen molar-refractivity contribution in [1.82, 2.24) is 10.2 Å². The van der Waals surface area contributed by atoms with E-state index in [9.17, 15) is 4.79 Å². The Labute approximate surface area is 110 Å². The Morgan fingerprint density at radius 3 is 2.89 bits per heavy atom. The molecule has 1 fully saturated rings. The largest absolute Gasteiger partial charge is 0.465 e. The lowest BCUT2D eigenvalue weighted by molar-refractivity contribution is 0.0600. The molecule has 0 saturated carbocycles. The van der Waals surface area contributed by atoms with Crippen LogP contribution in [0.5, 0.6) is 0 Å². The third kappa shape index (κ3) is 2.54. The lowest BCUT2D eigenvalue weighted by atomic mass is 10.2. The maximum absolute atomic E-state index is 11.7. The fraction of sp³-hybridized carbons (Fsp3) is 0.545. The van der Waals surface area contributed by atoms with Crippen LogP contribution in [0.1, 0.15) is 16.8 Å². The number of carbonyl (C=O) groups excluding carboxylic acids is 1. The van der Waals surface area contributed by atoms with E-state index >= 15 is 0 Å². The van der Waals surface area contributed by atoms with Crippen molar-refractivity contribution in [1.29, 1.82) is 0 Å². The third-order valence-electron chi connectivity index (χ3n) is 2.93. The van der Waals surface area contributed by atoms with Crippen LogP contribution in [-0.4, -0.2) is 49.6 Å². The van der Waals surface area contributed by atoms with Gasteiger partial charge in [0.1, 0.15) is 5.56 Å². The number of aromatic nitrogens is 2. The Balaban J connectivity index is 2.30. The first-order valence-corrected chi connectivity index (χ1v) is 5.92. The Hall–Kier alpha value is -1.40. The van der Waals surface area contributed by atoms with Crippen LogP contribution in [0.4, 0.5) is 5.82 Å². The summed E-state index contributed by atoms with van der Waals surface area (Å²) in [7, 11) is 2.99. The number of nitrogens with zero attached hydrogens (tertiary/aromatic N) is 3. The molecular weight excluding hydrogens is 258 g/mol. The average molecular weight is 272 g/mol. The van der Waals surface area contributed by atoms with Gasteiger partial charge in [0.25, 0.3) is 0 Å². The van der Waals surface area contributed by atoms with Gasteiger partial charge in [-0.05, 0) is 12.5 Å². The summed E-state index contributed by atoms with van der Waals surface area (Å²) in [5.41, 5.74) is 0.328. The standard InChI is InChI=1S/C11H14ClN3O3/c1-17-7-3-4-15(6-7)10-8(11(16)18-2)5-9(12)13-14-10/h5,7H,3-4,6H2,1-2H3/t7-/m0/s1. The molecule has 98 valence electrons. The van der Waals surface area contributed by atoms with Crippen LogP contribution in [-0.2, 0) is 9.47 Å². The second-order valence-electron chi connectivity index (χ2n) is 3.99. The molecule has 6 nitrogen and oxygen atoms in total. The molecule has 1 atom stereocenters. The van der Waals surface area contributed by atoms with E-state index < -0.39 is 5.97 Å². The van der Waals surface area contributed by atoms with Crippen LogP contribution < -0.4 is 4.90 Å². The van der Waals surface area contributed by atoms with Gasteiger partial charge < -0.3 is 14.4 Å². The van der Waals surface area contributed by atoms with E-state index in [1.807, 2.05) is 4.90 Å². The normalized spacial score (nSPS) is 19.1. The number of ether oxygens (including phenoxy) is 2. The highest BCUT2D eigenvalue weighted by atomic mass is 35.5. The van der Waals surface area contributed by atoms with Crippen molar-refractivity contribution in [2.24, 2.45) is 0 Å². The first kappa shape index (κ1) is 13.0. The van der Waals surface area contributed by atoms with Gasteiger partial charge in [0.2, 0.25) is 0 Å². The summed E-state index contributed by atoms with van der Waals surface area (Å²) >= 11 is 5.76. The summed E-state index contributed by atoms with van der Waals surface area (Å²) in [4.78, 5) is 13.6. The smallest absolute Gasteiger partial charge is 0.341 e. The zero-order valence-corrected chi connectivity index (χ0v) is 11.0. The zero-order valence-electron chi connectivity index (χ0n) is 10.2. The number of hydrogen-bond donors (Lipinski definition) is 0. The highest BCUT2D eigenvalue weighted by Gasteiger charge is 2.27. The molecule has 2 rings (SSSR count). The molecule has 1 aliphatic heterocycles. The van der Waals surface area contributed by atoms with Crippen LogP contribution in [0.2, 0.25) is 5.15 Å². The minimum absolute atomic E-state index is 0.146. The van der Waals surface area contributed by atoms with Crippen molar-refractivity contribution in [3.63, 3.8) is 0 Å². The van der Waals surface area contributed by atoms with Gasteiger partial charge in [-0.15, -0.1) is 10.2 Å². The van der Waals surface area contributed by atoms with E-state index in [-0.39, 0.29) is 11.3 Å². The Morgan fingerprint density at radius 1 is 1.50 bits per heavy atom. The van der Waals surface area contributed by atoms with Gasteiger partial charge in [0.05, 0.1) is 13.2 Å². The molecule has 0 N–H and O–H groups in total. The maximum atomic E-state index is 11.7. The van der Waals surface area contributed by atoms with Crippen LogP contribution in [0.3, 0.4) is 0 Å². The van der Waals surface area contributed by atoms with E-state index in [1.54, 1.807) is 7.11 Å². The number of rotatable bonds is 3. The molecular formula is C11H14ClN3O3. The van der Waals surface area contributed by atoms with Crippen LogP contribution in [0, 0.1) is 0 Å². The molecule has 1 aromatic heterocycles. The van der Waals surface area contributed by atoms with Crippen molar-refractivity contribution in [2.75, 3.05) is 32.2 Å². The van der Waals surface area contributed by atoms with Crippen LogP contribution >= 0.6 is 11.6 Å². The Kier molecular flexibility index (Phi) is 3.98. The zero-order chi connectivity index (χ0) is 13.1. The average Bonchev–Trinajstić information content (AvgIpc) is 2.86. The number of halogens is 1. The number of hydrogen-bond acceptors (Lipinski definition) is 6. The van der Waals surface area contributed by atoms with E-state index in [0.29, 0.717) is 17.9 Å². The minimum atomic E-state index is -0.470. The van der Waals surface area contributed by atoms with Crippen molar-refractivity contribution >= 4 is 23.4 Å². The van der Waals surface area contributed by atoms with E-state index in [1.165, 1.54) is 13.2 Å². The van der Waals surface area contributed by atoms with Crippen LogP contribution in [0.15, 0.2) is 6.07 Å². The fourth-order valence-corrected chi connectivity index (χ4v) is 2.12. The second-order valence-corrected chi connectivity index (χ2v) is 4.38. The predicted molar refractivity (Wildman–Crippen MR) is 66.0 cm³/mol. The highest BCUT2D eigenvalue weighted by molar-refractivity contribution is 6.29. The monoisotopic (exact) mass is 271 g/mol. The summed E-state index contributed by atoms with van der Waals surface area (Å²) in [5, 5.41) is 7.93. The lowest BCUT2D eigenvalue weighted by Gasteiger charge is -2.18. The first-order valence-electron chi connectivity index (χ1n) is 5.55. The van der Waals surface area contributed by atoms with Gasteiger partial charge in [-0.1, -0.05) is 11.6 Å². The molecule has 0 unspecified atom stereocenters. The molecule has 7 heteroatoms. The number of esters is 1. The van der Waals surface area contributed by atoms with Crippen molar-refractivity contribution in [2.45, 2.75) is 12.5 Å². The molecule has 1 aromatic rings. The molecule has 1 saturated heterocycles. The minimum Gasteiger partial charge on any atom is -0.465 e. The molecule has 0 radical (unpaired) electrons. The lowest BCUT2D eigenvalue weighted by Crippen LogP contribution is -2.26. The fourth-order valence-electron chi connectivity index (χ4n) is 1.97. The number of carbonyl (C=O) groups is 1. The summed E-state index contributed by atoms with van der Waals surface area (Å²) in [6.45, 7) is 1.44. The van der Waals surface area contributed by atoms with Crippen molar-refractivity contribution < 1.29 is 14.3 Å². The Morgan fingerprint density at radius 2 is 2.28 bits per heavy atom. The number of anilines is 1. The summed E-state index contributed by atoms with van der Waals surface area (Å²) < 4.78 is 10.0. The second kappa shape index (κ2) is 5.49. The number of methoxy groups -OCH3 is 2. The van der Waals surface area contributed by atoms with Gasteiger partial charge in [-0.2, -0.15) is 0 Å². The molecule has 0 amide bonds. The maximum Gasteiger partial charge on any atom is 0.341 e. The van der Waals surface area contributed by atoms with E-state index in [4.69, 9.17) is 21.1 Å². The molecule has 0 aliphatic carbocycles. The van der Waals surface area contributed by atoms with E-state index in [0.717, 1.165) is 13.0 Å². The molecule has 0 aromatic carbocycles. The summed E-state index contributed by atoms with van der Waals surface area (Å²) in [5.74, 6) is 0.0217. The molecule has 2 heterocycles. The topological polar surface area (TPSA) is 64.5 Å². The molecule has 1 aliphatic rings. The van der Waals surface area contributed by atoms with Crippen molar-refractivity contribution in [3.8, 4) is 0 Å². The third-order valence-corrected chi connectivity index (χ3v) is 3.11. The van der Waals surface area contributed by atoms with Gasteiger partial charge in [-0.3, -0.25) is 0 Å². The first-order chi connectivity index (χ1) is 8.65. The SMILES string of the molecule is COC(=O)c1cc(Cl)nnc1N1CC[C@H](OC)C1. The molecule has 0 bridgehead atoms. The van der Waals surface area contributed by atoms with Crippen molar-refractivity contribution in [3.05, 3.63) is 16.8 Å². The predicted octanol–water partition coefficient (Wildman–Crippen LogP) is 1.14. The highest BCUT2D eigenvalue weighted by Crippen LogP contribution is 2.24. The summed E-state index contributed by atoms with van der Waals surface area (Å²) in [6.07, 6.45) is 1.04. The van der Waals surface area contributed by atoms with Gasteiger partial charge in [-0.25, -0.2) is 4.79 Å². The summed E-state index contributed by atoms with van der Waals surface area (Å²) in [6, 6.07) is 1.47. The molecule has 0 spiro atoms. The van der Waals surface area contributed by atoms with Gasteiger partial charge in [0, 0.05) is 20.2 Å².